The Hall–Kier alpha value is -1.61. The van der Waals surface area contributed by atoms with E-state index < -0.39 is 5.60 Å². The molecule has 2 fully saturated rings. The molecule has 2 aliphatic rings. The molecule has 0 aromatic heterocycles. The van der Waals surface area contributed by atoms with Gasteiger partial charge in [0.1, 0.15) is 0 Å². The van der Waals surface area contributed by atoms with Gasteiger partial charge in [0.15, 0.2) is 5.60 Å². The van der Waals surface area contributed by atoms with Crippen molar-refractivity contribution in [3.63, 3.8) is 0 Å². The van der Waals surface area contributed by atoms with Gasteiger partial charge in [0.2, 0.25) is 0 Å². The number of benzene rings is 1. The van der Waals surface area contributed by atoms with Gasteiger partial charge in [-0.1, -0.05) is 49.8 Å². The summed E-state index contributed by atoms with van der Waals surface area (Å²) in [4.78, 5) is 14.8. The van der Waals surface area contributed by atoms with Crippen molar-refractivity contribution in [3.8, 4) is 0 Å². The molecule has 1 atom stereocenters. The van der Waals surface area contributed by atoms with Crippen molar-refractivity contribution < 1.29 is 9.53 Å². The molecule has 0 bridgehead atoms. The zero-order chi connectivity index (χ0) is 15.8. The minimum atomic E-state index is -0.660. The molecule has 1 aliphatic carbocycles. The monoisotopic (exact) mass is 299 g/mol. The lowest BCUT2D eigenvalue weighted by molar-refractivity contribution is -0.152. The third-order valence-corrected chi connectivity index (χ3v) is 5.17. The van der Waals surface area contributed by atoms with Gasteiger partial charge < -0.3 is 9.64 Å². The molecular formula is C19H25NO2. The first kappa shape index (κ1) is 15.3. The molecular weight excluding hydrogens is 274 g/mol. The maximum Gasteiger partial charge on any atom is 0.313 e. The van der Waals surface area contributed by atoms with Crippen LogP contribution in [-0.4, -0.2) is 31.5 Å². The van der Waals surface area contributed by atoms with Crippen LogP contribution < -0.4 is 0 Å². The van der Waals surface area contributed by atoms with Crippen LogP contribution in [0.4, 0.5) is 0 Å². The van der Waals surface area contributed by atoms with Crippen molar-refractivity contribution in [2.75, 3.05) is 20.6 Å². The Morgan fingerprint density at radius 2 is 1.86 bits per heavy atom. The quantitative estimate of drug-likeness (QED) is 0.629. The van der Waals surface area contributed by atoms with Crippen LogP contribution >= 0.6 is 0 Å². The van der Waals surface area contributed by atoms with E-state index in [1.807, 2.05) is 32.3 Å². The number of ether oxygens (including phenoxy) is 1. The van der Waals surface area contributed by atoms with Crippen molar-refractivity contribution >= 4 is 5.97 Å². The van der Waals surface area contributed by atoms with E-state index in [2.05, 4.69) is 23.6 Å². The summed E-state index contributed by atoms with van der Waals surface area (Å²) in [6, 6.07) is 10.1. The summed E-state index contributed by atoms with van der Waals surface area (Å²) < 4.78 is 6.07. The molecule has 3 heteroatoms. The van der Waals surface area contributed by atoms with Crippen molar-refractivity contribution in [3.05, 3.63) is 48.0 Å². The Labute approximate surface area is 133 Å². The number of cyclic esters (lactones) is 1. The molecule has 1 saturated carbocycles. The summed E-state index contributed by atoms with van der Waals surface area (Å²) in [5, 5.41) is 0. The average Bonchev–Trinajstić information content (AvgIpc) is 3.07. The Balaban J connectivity index is 2.02. The van der Waals surface area contributed by atoms with Crippen LogP contribution in [0.3, 0.4) is 0 Å². The Bertz CT molecular complexity index is 572. The van der Waals surface area contributed by atoms with Gasteiger partial charge in [-0.25, -0.2) is 0 Å². The van der Waals surface area contributed by atoms with E-state index >= 15 is 0 Å². The van der Waals surface area contributed by atoms with Crippen LogP contribution in [-0.2, 0) is 15.1 Å². The maximum atomic E-state index is 12.7. The third kappa shape index (κ3) is 2.38. The number of nitrogens with zero attached hydrogens (tertiary/aromatic N) is 1. The fourth-order valence-corrected chi connectivity index (χ4v) is 4.06. The minimum absolute atomic E-state index is 0.0197. The number of rotatable bonds is 4. The molecule has 1 spiro atoms. The van der Waals surface area contributed by atoms with E-state index in [0.717, 1.165) is 49.8 Å². The molecule has 0 radical (unpaired) electrons. The number of esters is 1. The van der Waals surface area contributed by atoms with Gasteiger partial charge in [0, 0.05) is 13.0 Å². The fourth-order valence-electron chi connectivity index (χ4n) is 4.06. The number of likely N-dealkylation sites (N-methyl/N-ethyl adjacent to an activating group) is 1. The molecule has 1 aliphatic heterocycles. The smallest absolute Gasteiger partial charge is 0.313 e. The van der Waals surface area contributed by atoms with Crippen LogP contribution in [0.2, 0.25) is 0 Å². The molecule has 0 N–H and O–H groups in total. The van der Waals surface area contributed by atoms with Gasteiger partial charge in [-0.15, -0.1) is 0 Å². The number of hydrogen-bond acceptors (Lipinski definition) is 3. The Morgan fingerprint density at radius 1 is 1.23 bits per heavy atom. The molecule has 1 aromatic carbocycles. The zero-order valence-electron chi connectivity index (χ0n) is 13.6. The van der Waals surface area contributed by atoms with E-state index in [9.17, 15) is 4.79 Å². The number of carbonyl (C=O) groups excluding carboxylic acids is 1. The number of hydrogen-bond donors (Lipinski definition) is 0. The van der Waals surface area contributed by atoms with Crippen LogP contribution in [0.5, 0.6) is 0 Å². The highest BCUT2D eigenvalue weighted by Crippen LogP contribution is 2.56. The normalized spacial score (nSPS) is 26.6. The van der Waals surface area contributed by atoms with Crippen LogP contribution in [0, 0.1) is 5.41 Å². The lowest BCUT2D eigenvalue weighted by atomic mass is 9.73. The highest BCUT2D eigenvalue weighted by molar-refractivity contribution is 5.81. The summed E-state index contributed by atoms with van der Waals surface area (Å²) in [5.41, 5.74) is 1.08. The van der Waals surface area contributed by atoms with Crippen LogP contribution in [0.25, 0.3) is 0 Å². The molecule has 22 heavy (non-hydrogen) atoms. The fraction of sp³-hybridized carbons (Fsp3) is 0.526. The molecule has 1 heterocycles. The highest BCUT2D eigenvalue weighted by Gasteiger charge is 2.59. The van der Waals surface area contributed by atoms with Crippen molar-refractivity contribution in [2.24, 2.45) is 5.41 Å². The van der Waals surface area contributed by atoms with E-state index in [-0.39, 0.29) is 11.4 Å². The van der Waals surface area contributed by atoms with Gasteiger partial charge in [-0.05, 0) is 38.1 Å². The minimum Gasteiger partial charge on any atom is -0.449 e. The summed E-state index contributed by atoms with van der Waals surface area (Å²) in [6.45, 7) is 5.02. The maximum absolute atomic E-state index is 12.7. The summed E-state index contributed by atoms with van der Waals surface area (Å²) in [7, 11) is 4.04. The molecule has 1 unspecified atom stereocenters. The van der Waals surface area contributed by atoms with Gasteiger partial charge in [-0.2, -0.15) is 0 Å². The van der Waals surface area contributed by atoms with Crippen LogP contribution in [0.1, 0.15) is 37.7 Å². The van der Waals surface area contributed by atoms with Crippen LogP contribution in [0.15, 0.2) is 42.5 Å². The van der Waals surface area contributed by atoms with Crippen molar-refractivity contribution in [1.82, 2.24) is 4.90 Å². The van der Waals surface area contributed by atoms with Gasteiger partial charge in [-0.3, -0.25) is 4.79 Å². The first-order chi connectivity index (χ1) is 10.5. The van der Waals surface area contributed by atoms with Gasteiger partial charge >= 0.3 is 5.97 Å². The molecule has 1 aromatic rings. The Morgan fingerprint density at radius 3 is 2.45 bits per heavy atom. The lowest BCUT2D eigenvalue weighted by Crippen LogP contribution is -2.33. The molecule has 3 rings (SSSR count). The predicted molar refractivity (Wildman–Crippen MR) is 87.4 cm³/mol. The summed E-state index contributed by atoms with van der Waals surface area (Å²) in [5.74, 6) is -0.0197. The second-order valence-electron chi connectivity index (χ2n) is 7.09. The van der Waals surface area contributed by atoms with E-state index in [1.54, 1.807) is 0 Å². The average molecular weight is 299 g/mol. The molecule has 1 saturated heterocycles. The lowest BCUT2D eigenvalue weighted by Gasteiger charge is -2.33. The predicted octanol–water partition coefficient (Wildman–Crippen LogP) is 3.51. The summed E-state index contributed by atoms with van der Waals surface area (Å²) >= 11 is 0. The largest absolute Gasteiger partial charge is 0.449 e. The summed E-state index contributed by atoms with van der Waals surface area (Å²) in [6.07, 6.45) is 4.90. The third-order valence-electron chi connectivity index (χ3n) is 5.17. The highest BCUT2D eigenvalue weighted by atomic mass is 16.6. The molecule has 3 nitrogen and oxygen atoms in total. The van der Waals surface area contributed by atoms with Crippen molar-refractivity contribution in [2.45, 2.75) is 37.7 Å². The molecule has 118 valence electrons. The first-order valence-corrected chi connectivity index (χ1v) is 8.11. The van der Waals surface area contributed by atoms with Gasteiger partial charge in [0.25, 0.3) is 0 Å². The topological polar surface area (TPSA) is 29.5 Å². The van der Waals surface area contributed by atoms with E-state index in [1.165, 1.54) is 0 Å². The Kier molecular flexibility index (Phi) is 3.85. The second kappa shape index (κ2) is 5.54. The van der Waals surface area contributed by atoms with E-state index in [0.29, 0.717) is 0 Å². The second-order valence-corrected chi connectivity index (χ2v) is 7.09. The first-order valence-electron chi connectivity index (χ1n) is 8.11. The molecule has 0 amide bonds. The SMILES string of the molecule is C=C(CN(C)C)C1(c2ccccc2)CC2(CCCC2)C(=O)O1. The zero-order valence-corrected chi connectivity index (χ0v) is 13.6. The number of carbonyl (C=O) groups is 1. The van der Waals surface area contributed by atoms with E-state index in [4.69, 9.17) is 4.74 Å². The standard InChI is InChI=1S/C19H25NO2/c1-15(13-20(2)3)19(16-9-5-4-6-10-16)14-18(17(21)22-19)11-7-8-12-18/h4-6,9-10H,1,7-8,11-14H2,2-3H3. The van der Waals surface area contributed by atoms with Gasteiger partial charge in [0.05, 0.1) is 5.41 Å². The van der Waals surface area contributed by atoms with Crippen molar-refractivity contribution in [1.29, 1.82) is 0 Å².